The fourth-order valence-electron chi connectivity index (χ4n) is 1.35. The van der Waals surface area contributed by atoms with E-state index in [2.05, 4.69) is 19.9 Å². The van der Waals surface area contributed by atoms with Crippen LogP contribution in [0.5, 0.6) is 6.01 Å². The van der Waals surface area contributed by atoms with Crippen molar-refractivity contribution in [2.24, 2.45) is 7.05 Å². The predicted octanol–water partition coefficient (Wildman–Crippen LogP) is 1.25. The summed E-state index contributed by atoms with van der Waals surface area (Å²) in [6.07, 6.45) is 4.08. The van der Waals surface area contributed by atoms with Crippen molar-refractivity contribution in [3.05, 3.63) is 29.3 Å². The quantitative estimate of drug-likeness (QED) is 0.820. The van der Waals surface area contributed by atoms with E-state index in [1.165, 1.54) is 0 Å². The van der Waals surface area contributed by atoms with Gasteiger partial charge in [0.2, 0.25) is 5.28 Å². The van der Waals surface area contributed by atoms with Gasteiger partial charge in [0.1, 0.15) is 11.6 Å². The zero-order valence-electron chi connectivity index (χ0n) is 9.59. The number of rotatable bonds is 4. The van der Waals surface area contributed by atoms with Crippen molar-refractivity contribution < 1.29 is 4.74 Å². The second kappa shape index (κ2) is 5.09. The van der Waals surface area contributed by atoms with E-state index in [9.17, 15) is 0 Å². The lowest BCUT2D eigenvalue weighted by atomic mass is 10.4. The second-order valence-electron chi connectivity index (χ2n) is 3.37. The number of imidazole rings is 1. The molecule has 0 fully saturated rings. The van der Waals surface area contributed by atoms with Crippen molar-refractivity contribution in [1.29, 1.82) is 0 Å². The Labute approximate surface area is 104 Å². The maximum Gasteiger partial charge on any atom is 0.320 e. The molecule has 2 aromatic rings. The SMILES string of the molecule is CCOc1nc(Cl)nc(Cc2nccn2C)n1. The van der Waals surface area contributed by atoms with E-state index >= 15 is 0 Å². The van der Waals surface area contributed by atoms with Crippen molar-refractivity contribution in [2.45, 2.75) is 13.3 Å². The molecule has 2 rings (SSSR count). The van der Waals surface area contributed by atoms with Crippen LogP contribution in [0.2, 0.25) is 5.28 Å². The zero-order valence-corrected chi connectivity index (χ0v) is 10.3. The number of halogens is 1. The molecule has 0 saturated heterocycles. The molecule has 0 aliphatic rings. The molecule has 2 aromatic heterocycles. The Kier molecular flexibility index (Phi) is 3.53. The number of aryl methyl sites for hydroxylation is 1. The first kappa shape index (κ1) is 11.8. The predicted molar refractivity (Wildman–Crippen MR) is 62.0 cm³/mol. The Morgan fingerprint density at radius 2 is 2.18 bits per heavy atom. The number of hydrogen-bond acceptors (Lipinski definition) is 5. The minimum atomic E-state index is 0.132. The Bertz CT molecular complexity index is 513. The average molecular weight is 254 g/mol. The van der Waals surface area contributed by atoms with Crippen LogP contribution in [0.1, 0.15) is 18.6 Å². The van der Waals surface area contributed by atoms with Crippen LogP contribution in [0.4, 0.5) is 0 Å². The van der Waals surface area contributed by atoms with Crippen LogP contribution in [0.15, 0.2) is 12.4 Å². The molecule has 0 bridgehead atoms. The van der Waals surface area contributed by atoms with Crippen molar-refractivity contribution >= 4 is 11.6 Å². The fourth-order valence-corrected chi connectivity index (χ4v) is 1.52. The summed E-state index contributed by atoms with van der Waals surface area (Å²) in [5.41, 5.74) is 0. The van der Waals surface area contributed by atoms with Crippen molar-refractivity contribution in [2.75, 3.05) is 6.61 Å². The number of hydrogen-bond donors (Lipinski definition) is 0. The highest BCUT2D eigenvalue weighted by molar-refractivity contribution is 6.28. The summed E-state index contributed by atoms with van der Waals surface area (Å²) in [4.78, 5) is 16.3. The third kappa shape index (κ3) is 2.91. The Morgan fingerprint density at radius 3 is 2.82 bits per heavy atom. The summed E-state index contributed by atoms with van der Waals surface area (Å²) in [5, 5.41) is 0.132. The molecule has 0 radical (unpaired) electrons. The average Bonchev–Trinajstić information content (AvgIpc) is 2.64. The molecular weight excluding hydrogens is 242 g/mol. The minimum Gasteiger partial charge on any atom is -0.464 e. The topological polar surface area (TPSA) is 65.7 Å². The number of ether oxygens (including phenoxy) is 1. The van der Waals surface area contributed by atoms with Gasteiger partial charge in [-0.3, -0.25) is 0 Å². The van der Waals surface area contributed by atoms with Crippen LogP contribution < -0.4 is 4.74 Å². The van der Waals surface area contributed by atoms with Crippen LogP contribution in [0, 0.1) is 0 Å². The summed E-state index contributed by atoms with van der Waals surface area (Å²) in [7, 11) is 1.91. The van der Waals surface area contributed by atoms with Crippen LogP contribution >= 0.6 is 11.6 Å². The van der Waals surface area contributed by atoms with Gasteiger partial charge in [0, 0.05) is 19.4 Å². The number of aromatic nitrogens is 5. The molecule has 90 valence electrons. The van der Waals surface area contributed by atoms with E-state index < -0.39 is 0 Å². The first-order valence-corrected chi connectivity index (χ1v) is 5.56. The highest BCUT2D eigenvalue weighted by atomic mass is 35.5. The van der Waals surface area contributed by atoms with E-state index in [-0.39, 0.29) is 11.3 Å². The molecule has 0 N–H and O–H groups in total. The third-order valence-corrected chi connectivity index (χ3v) is 2.31. The van der Waals surface area contributed by atoms with Crippen molar-refractivity contribution in [3.8, 4) is 6.01 Å². The molecule has 2 heterocycles. The molecule has 0 atom stereocenters. The molecule has 0 aliphatic carbocycles. The Morgan fingerprint density at radius 1 is 1.35 bits per heavy atom. The maximum atomic E-state index is 5.80. The first-order chi connectivity index (χ1) is 8.19. The Hall–Kier alpha value is -1.69. The summed E-state index contributed by atoms with van der Waals surface area (Å²) in [6, 6.07) is 0.247. The van der Waals surface area contributed by atoms with Crippen LogP contribution in [-0.4, -0.2) is 31.1 Å². The van der Waals surface area contributed by atoms with Gasteiger partial charge in [-0.15, -0.1) is 0 Å². The fraction of sp³-hybridized carbons (Fsp3) is 0.400. The van der Waals surface area contributed by atoms with Crippen LogP contribution in [-0.2, 0) is 13.5 Å². The van der Waals surface area contributed by atoms with Crippen LogP contribution in [0.25, 0.3) is 0 Å². The first-order valence-electron chi connectivity index (χ1n) is 5.18. The van der Waals surface area contributed by atoms with E-state index in [0.717, 1.165) is 5.82 Å². The molecule has 0 aliphatic heterocycles. The summed E-state index contributed by atoms with van der Waals surface area (Å²) in [5.74, 6) is 1.40. The molecule has 0 spiro atoms. The van der Waals surface area contributed by atoms with Gasteiger partial charge in [-0.05, 0) is 18.5 Å². The van der Waals surface area contributed by atoms with Gasteiger partial charge in [0.05, 0.1) is 13.0 Å². The third-order valence-electron chi connectivity index (χ3n) is 2.14. The van der Waals surface area contributed by atoms with E-state index in [1.54, 1.807) is 6.20 Å². The van der Waals surface area contributed by atoms with Gasteiger partial charge >= 0.3 is 6.01 Å². The van der Waals surface area contributed by atoms with Gasteiger partial charge in [0.15, 0.2) is 0 Å². The second-order valence-corrected chi connectivity index (χ2v) is 3.71. The van der Waals surface area contributed by atoms with Gasteiger partial charge in [-0.25, -0.2) is 9.97 Å². The molecule has 7 heteroatoms. The molecule has 6 nitrogen and oxygen atoms in total. The van der Waals surface area contributed by atoms with Crippen LogP contribution in [0.3, 0.4) is 0 Å². The number of nitrogens with zero attached hydrogens (tertiary/aromatic N) is 5. The highest BCUT2D eigenvalue weighted by Gasteiger charge is 2.08. The lowest BCUT2D eigenvalue weighted by Gasteiger charge is -2.04. The molecule has 17 heavy (non-hydrogen) atoms. The highest BCUT2D eigenvalue weighted by Crippen LogP contribution is 2.10. The van der Waals surface area contributed by atoms with Crippen molar-refractivity contribution in [1.82, 2.24) is 24.5 Å². The van der Waals surface area contributed by atoms with Gasteiger partial charge in [-0.2, -0.15) is 9.97 Å². The minimum absolute atomic E-state index is 0.132. The van der Waals surface area contributed by atoms with E-state index in [4.69, 9.17) is 16.3 Å². The van der Waals surface area contributed by atoms with Gasteiger partial charge in [-0.1, -0.05) is 0 Å². The lowest BCUT2D eigenvalue weighted by molar-refractivity contribution is 0.310. The molecular formula is C10H12ClN5O. The smallest absolute Gasteiger partial charge is 0.320 e. The maximum absolute atomic E-state index is 5.80. The molecule has 0 unspecified atom stereocenters. The normalized spacial score (nSPS) is 10.5. The summed E-state index contributed by atoms with van der Waals surface area (Å²) in [6.45, 7) is 2.35. The van der Waals surface area contributed by atoms with E-state index in [1.807, 2.05) is 24.7 Å². The van der Waals surface area contributed by atoms with Gasteiger partial charge in [0.25, 0.3) is 0 Å². The lowest BCUT2D eigenvalue weighted by Crippen LogP contribution is -2.06. The zero-order chi connectivity index (χ0) is 12.3. The molecule has 0 aromatic carbocycles. The van der Waals surface area contributed by atoms with E-state index in [0.29, 0.717) is 18.9 Å². The standard InChI is InChI=1S/C10H12ClN5O/c1-3-17-10-14-7(13-9(11)15-10)6-8-12-4-5-16(8)2/h4-5H,3,6H2,1-2H3. The molecule has 0 saturated carbocycles. The summed E-state index contributed by atoms with van der Waals surface area (Å²) >= 11 is 5.80. The summed E-state index contributed by atoms with van der Waals surface area (Å²) < 4.78 is 7.10. The monoisotopic (exact) mass is 253 g/mol. The Balaban J connectivity index is 2.23. The largest absolute Gasteiger partial charge is 0.464 e. The van der Waals surface area contributed by atoms with Gasteiger partial charge < -0.3 is 9.30 Å². The molecule has 0 amide bonds. The van der Waals surface area contributed by atoms with Crippen molar-refractivity contribution in [3.63, 3.8) is 0 Å².